The van der Waals surface area contributed by atoms with Crippen LogP contribution in [0.15, 0.2) is 48.5 Å². The largest absolute Gasteiger partial charge is 0.497 e. The molecule has 140 valence electrons. The molecule has 0 radical (unpaired) electrons. The van der Waals surface area contributed by atoms with E-state index in [1.807, 2.05) is 12.1 Å². The quantitative estimate of drug-likeness (QED) is 0.737. The molecular weight excluding hydrogens is 366 g/mol. The molecule has 0 saturated carbocycles. The summed E-state index contributed by atoms with van der Waals surface area (Å²) in [4.78, 5) is 35.5. The fourth-order valence-corrected chi connectivity index (χ4v) is 3.66. The Labute approximate surface area is 161 Å². The Morgan fingerprint density at radius 1 is 1.04 bits per heavy atom. The van der Waals surface area contributed by atoms with Gasteiger partial charge in [0.1, 0.15) is 16.2 Å². The summed E-state index contributed by atoms with van der Waals surface area (Å²) in [6, 6.07) is 14.0. The van der Waals surface area contributed by atoms with Crippen LogP contribution in [0.4, 0.5) is 4.79 Å². The van der Waals surface area contributed by atoms with Crippen LogP contribution in [0.5, 0.6) is 11.5 Å². The van der Waals surface area contributed by atoms with Gasteiger partial charge in [-0.05, 0) is 67.1 Å². The van der Waals surface area contributed by atoms with Gasteiger partial charge in [0.25, 0.3) is 5.24 Å². The smallest absolute Gasteiger partial charge is 0.286 e. The summed E-state index contributed by atoms with van der Waals surface area (Å²) in [5.74, 6) is 0.840. The van der Waals surface area contributed by atoms with Crippen LogP contribution in [0.1, 0.15) is 22.8 Å². The lowest BCUT2D eigenvalue weighted by Crippen LogP contribution is -2.35. The number of methoxy groups -OCH3 is 1. The normalized spacial score (nSPS) is 18.9. The van der Waals surface area contributed by atoms with E-state index >= 15 is 0 Å². The third-order valence-electron chi connectivity index (χ3n) is 4.26. The minimum Gasteiger partial charge on any atom is -0.497 e. The molecule has 1 aliphatic heterocycles. The number of hydrogen-bond acceptors (Lipinski definition) is 6. The summed E-state index contributed by atoms with van der Waals surface area (Å²) in [7, 11) is 1.57. The molecule has 1 heterocycles. The Morgan fingerprint density at radius 3 is 2.22 bits per heavy atom. The van der Waals surface area contributed by atoms with Crippen molar-refractivity contribution in [3.05, 3.63) is 59.7 Å². The van der Waals surface area contributed by atoms with Crippen molar-refractivity contribution in [1.29, 1.82) is 0 Å². The number of benzene rings is 2. The van der Waals surface area contributed by atoms with Crippen LogP contribution in [0.2, 0.25) is 0 Å². The highest BCUT2D eigenvalue weighted by Crippen LogP contribution is 2.34. The molecule has 0 spiro atoms. The maximum atomic E-state index is 12.2. The number of ether oxygens (including phenoxy) is 2. The van der Waals surface area contributed by atoms with E-state index in [0.717, 1.165) is 17.3 Å². The molecular formula is C20H19NO5S. The number of carbonyl (C=O) groups excluding carboxylic acids is 3. The van der Waals surface area contributed by atoms with E-state index in [0.29, 0.717) is 23.5 Å². The molecule has 2 aromatic carbocycles. The van der Waals surface area contributed by atoms with Crippen LogP contribution in [-0.2, 0) is 11.2 Å². The van der Waals surface area contributed by atoms with Gasteiger partial charge in [-0.2, -0.15) is 0 Å². The zero-order valence-electron chi connectivity index (χ0n) is 15.0. The fraction of sp³-hybridized carbons (Fsp3) is 0.250. The highest BCUT2D eigenvalue weighted by molar-refractivity contribution is 8.16. The SMILES string of the molecule is COc1ccc(C(=O)COc2ccc(CC3(C)SC(=O)NC3=O)cc2)cc1. The summed E-state index contributed by atoms with van der Waals surface area (Å²) in [6.07, 6.45) is 0.431. The molecule has 6 nitrogen and oxygen atoms in total. The van der Waals surface area contributed by atoms with Crippen LogP contribution in [-0.4, -0.2) is 35.4 Å². The molecule has 0 aliphatic carbocycles. The van der Waals surface area contributed by atoms with Crippen molar-refractivity contribution in [1.82, 2.24) is 5.32 Å². The van der Waals surface area contributed by atoms with E-state index in [-0.39, 0.29) is 23.5 Å². The van der Waals surface area contributed by atoms with E-state index in [4.69, 9.17) is 9.47 Å². The van der Waals surface area contributed by atoms with Gasteiger partial charge >= 0.3 is 0 Å². The number of amides is 2. The first-order chi connectivity index (χ1) is 12.9. The number of carbonyl (C=O) groups is 3. The van der Waals surface area contributed by atoms with E-state index in [1.54, 1.807) is 50.4 Å². The van der Waals surface area contributed by atoms with Gasteiger partial charge in [-0.1, -0.05) is 12.1 Å². The molecule has 27 heavy (non-hydrogen) atoms. The predicted octanol–water partition coefficient (Wildman–Crippen LogP) is 3.24. The Kier molecular flexibility index (Phi) is 5.51. The van der Waals surface area contributed by atoms with Crippen molar-refractivity contribution in [3.8, 4) is 11.5 Å². The number of hydrogen-bond donors (Lipinski definition) is 1. The molecule has 0 bridgehead atoms. The molecule has 1 N–H and O–H groups in total. The summed E-state index contributed by atoms with van der Waals surface area (Å²) < 4.78 is 9.81. The van der Waals surface area contributed by atoms with E-state index < -0.39 is 4.75 Å². The lowest BCUT2D eigenvalue weighted by Gasteiger charge is -2.18. The topological polar surface area (TPSA) is 81.7 Å². The maximum absolute atomic E-state index is 12.2. The summed E-state index contributed by atoms with van der Waals surface area (Å²) in [5.41, 5.74) is 1.46. The van der Waals surface area contributed by atoms with Crippen molar-refractivity contribution in [2.75, 3.05) is 13.7 Å². The summed E-state index contributed by atoms with van der Waals surface area (Å²) >= 11 is 1.00. The molecule has 2 aromatic rings. The minimum absolute atomic E-state index is 0.0733. The van der Waals surface area contributed by atoms with Crippen molar-refractivity contribution < 1.29 is 23.9 Å². The molecule has 3 rings (SSSR count). The zero-order valence-corrected chi connectivity index (χ0v) is 15.8. The van der Waals surface area contributed by atoms with Gasteiger partial charge in [-0.15, -0.1) is 0 Å². The first kappa shape index (κ1) is 19.0. The number of nitrogens with one attached hydrogen (secondary N) is 1. The molecule has 1 atom stereocenters. The predicted molar refractivity (Wildman–Crippen MR) is 103 cm³/mol. The van der Waals surface area contributed by atoms with Crippen molar-refractivity contribution >= 4 is 28.7 Å². The Morgan fingerprint density at radius 2 is 1.67 bits per heavy atom. The average Bonchev–Trinajstić information content (AvgIpc) is 2.92. The molecule has 1 unspecified atom stereocenters. The van der Waals surface area contributed by atoms with Gasteiger partial charge < -0.3 is 9.47 Å². The second kappa shape index (κ2) is 7.84. The van der Waals surface area contributed by atoms with Crippen LogP contribution in [0, 0.1) is 0 Å². The first-order valence-electron chi connectivity index (χ1n) is 8.33. The zero-order chi connectivity index (χ0) is 19.4. The van der Waals surface area contributed by atoms with Gasteiger partial charge in [0.05, 0.1) is 7.11 Å². The van der Waals surface area contributed by atoms with Gasteiger partial charge in [-0.3, -0.25) is 19.7 Å². The van der Waals surface area contributed by atoms with Crippen molar-refractivity contribution in [2.24, 2.45) is 0 Å². The lowest BCUT2D eigenvalue weighted by molar-refractivity contribution is -0.121. The highest BCUT2D eigenvalue weighted by Gasteiger charge is 2.43. The van der Waals surface area contributed by atoms with E-state index in [2.05, 4.69) is 5.32 Å². The number of Topliss-reactive ketones (excluding diaryl/α,β-unsaturated/α-hetero) is 1. The second-order valence-electron chi connectivity index (χ2n) is 6.34. The summed E-state index contributed by atoms with van der Waals surface area (Å²) in [6.45, 7) is 1.67. The third-order valence-corrected chi connectivity index (χ3v) is 5.33. The standard InChI is InChI=1S/C20H19NO5S/c1-20(18(23)21-19(24)27-20)11-13-3-7-16(8-4-13)26-12-17(22)14-5-9-15(25-2)10-6-14/h3-10H,11-12H2,1-2H3,(H,21,23,24). The van der Waals surface area contributed by atoms with Crippen LogP contribution < -0.4 is 14.8 Å². The van der Waals surface area contributed by atoms with Gasteiger partial charge in [0.15, 0.2) is 12.4 Å². The van der Waals surface area contributed by atoms with Crippen LogP contribution in [0.25, 0.3) is 0 Å². The van der Waals surface area contributed by atoms with Crippen LogP contribution >= 0.6 is 11.8 Å². The number of rotatable bonds is 7. The Hall–Kier alpha value is -2.80. The molecule has 2 amide bonds. The average molecular weight is 385 g/mol. The lowest BCUT2D eigenvalue weighted by atomic mass is 9.99. The molecule has 0 aromatic heterocycles. The number of imide groups is 1. The van der Waals surface area contributed by atoms with Crippen LogP contribution in [0.3, 0.4) is 0 Å². The molecule has 1 fully saturated rings. The highest BCUT2D eigenvalue weighted by atomic mass is 32.2. The van der Waals surface area contributed by atoms with E-state index in [9.17, 15) is 14.4 Å². The van der Waals surface area contributed by atoms with Gasteiger partial charge in [-0.25, -0.2) is 0 Å². The first-order valence-corrected chi connectivity index (χ1v) is 9.15. The molecule has 7 heteroatoms. The fourth-order valence-electron chi connectivity index (χ4n) is 2.72. The Bertz CT molecular complexity index is 863. The van der Waals surface area contributed by atoms with Crippen molar-refractivity contribution in [2.45, 2.75) is 18.1 Å². The number of ketones is 1. The second-order valence-corrected chi connectivity index (χ2v) is 7.81. The van der Waals surface area contributed by atoms with Gasteiger partial charge in [0, 0.05) is 5.56 Å². The monoisotopic (exact) mass is 385 g/mol. The molecule has 1 saturated heterocycles. The third kappa shape index (κ3) is 4.49. The van der Waals surface area contributed by atoms with E-state index in [1.165, 1.54) is 0 Å². The minimum atomic E-state index is -0.802. The maximum Gasteiger partial charge on any atom is 0.286 e. The Balaban J connectivity index is 1.56. The summed E-state index contributed by atoms with van der Waals surface area (Å²) in [5, 5.41) is 1.99. The molecule has 1 aliphatic rings. The number of thioether (sulfide) groups is 1. The van der Waals surface area contributed by atoms with Gasteiger partial charge in [0.2, 0.25) is 5.91 Å². The van der Waals surface area contributed by atoms with Crippen molar-refractivity contribution in [3.63, 3.8) is 0 Å².